The fourth-order valence-electron chi connectivity index (χ4n) is 0.167. The van der Waals surface area contributed by atoms with Crippen molar-refractivity contribution >= 4 is 0 Å². The third-order valence-corrected chi connectivity index (χ3v) is 0.866. The highest BCUT2D eigenvalue weighted by molar-refractivity contribution is 4.65. The minimum Gasteiger partial charge on any atom is -0.333 e. The molecule has 1 aliphatic rings. The molecule has 38 valence electrons. The van der Waals surface area contributed by atoms with Gasteiger partial charge in [0.1, 0.15) is 0 Å². The maximum atomic E-state index is 4.50. The predicted octanol–water partition coefficient (Wildman–Crippen LogP) is 0.991. The summed E-state index contributed by atoms with van der Waals surface area (Å²) in [7, 11) is 1.50. The van der Waals surface area contributed by atoms with Crippen molar-refractivity contribution in [2.45, 2.75) is 19.8 Å². The molecular weight excluding hydrogens is 74.1 g/mol. The van der Waals surface area contributed by atoms with Gasteiger partial charge in [0.15, 0.2) is 0 Å². The van der Waals surface area contributed by atoms with Gasteiger partial charge >= 0.3 is 0 Å². The summed E-state index contributed by atoms with van der Waals surface area (Å²) in [4.78, 5) is 0. The van der Waals surface area contributed by atoms with Crippen LogP contribution in [0.15, 0.2) is 0 Å². The van der Waals surface area contributed by atoms with Gasteiger partial charge in [-0.05, 0) is 13.0 Å². The zero-order valence-corrected chi connectivity index (χ0v) is 4.57. The molecule has 0 aromatic heterocycles. The van der Waals surface area contributed by atoms with Gasteiger partial charge in [0.25, 0.3) is 0 Å². The number of nitrogens with two attached hydrogens (primary N) is 1. The summed E-state index contributed by atoms with van der Waals surface area (Å²) in [6, 6.07) is 0. The van der Waals surface area contributed by atoms with E-state index in [0.29, 0.717) is 0 Å². The van der Waals surface area contributed by atoms with Crippen LogP contribution in [-0.2, 0) is 0 Å². The van der Waals surface area contributed by atoms with Crippen LogP contribution in [0.25, 0.3) is 0 Å². The lowest BCUT2D eigenvalue weighted by molar-refractivity contribution is 0.983. The van der Waals surface area contributed by atoms with E-state index >= 15 is 0 Å². The monoisotopic (exact) mass is 87.1 g/mol. The standard InChI is InChI=1S/C4H8.CH5N/c1-4-2-3-4;1-2/h4H,2-3H2,1H3;2H2,1H3. The van der Waals surface area contributed by atoms with Crippen LogP contribution in [0.5, 0.6) is 0 Å². The first-order chi connectivity index (χ1) is 2.89. The second kappa shape index (κ2) is 3.16. The molecule has 0 aliphatic heterocycles. The van der Waals surface area contributed by atoms with Gasteiger partial charge in [-0.2, -0.15) is 0 Å². The molecule has 0 aromatic carbocycles. The molecule has 0 bridgehead atoms. The molecule has 1 nitrogen and oxygen atoms in total. The van der Waals surface area contributed by atoms with Crippen molar-refractivity contribution in [3.63, 3.8) is 0 Å². The van der Waals surface area contributed by atoms with Crippen molar-refractivity contribution in [2.24, 2.45) is 11.7 Å². The summed E-state index contributed by atoms with van der Waals surface area (Å²) < 4.78 is 0. The first-order valence-corrected chi connectivity index (χ1v) is 2.47. The molecule has 0 unspecified atom stereocenters. The molecule has 6 heavy (non-hydrogen) atoms. The topological polar surface area (TPSA) is 26.0 Å². The Hall–Kier alpha value is -0.0400. The second-order valence-corrected chi connectivity index (χ2v) is 1.68. The van der Waals surface area contributed by atoms with E-state index < -0.39 is 0 Å². The molecule has 0 spiro atoms. The van der Waals surface area contributed by atoms with E-state index in [1.165, 1.54) is 19.9 Å². The Labute approximate surface area is 39.5 Å². The Bertz CT molecular complexity index is 23.1. The first-order valence-electron chi connectivity index (χ1n) is 2.47. The fourth-order valence-corrected chi connectivity index (χ4v) is 0.167. The molecule has 0 aromatic rings. The molecule has 0 atom stereocenters. The summed E-state index contributed by atoms with van der Waals surface area (Å²) in [6.45, 7) is 2.28. The molecule has 0 heterocycles. The fraction of sp³-hybridized carbons (Fsp3) is 1.00. The zero-order valence-electron chi connectivity index (χ0n) is 4.57. The summed E-state index contributed by atoms with van der Waals surface area (Å²) in [5.41, 5.74) is 4.50. The van der Waals surface area contributed by atoms with Crippen molar-refractivity contribution < 1.29 is 0 Å². The summed E-state index contributed by atoms with van der Waals surface area (Å²) in [5.74, 6) is 1.08. The molecule has 1 fully saturated rings. The molecular formula is C5H13N. The van der Waals surface area contributed by atoms with E-state index in [-0.39, 0.29) is 0 Å². The van der Waals surface area contributed by atoms with Gasteiger partial charge in [0.2, 0.25) is 0 Å². The van der Waals surface area contributed by atoms with Gasteiger partial charge in [0.05, 0.1) is 0 Å². The third-order valence-electron chi connectivity index (χ3n) is 0.866. The molecule has 1 saturated carbocycles. The van der Waals surface area contributed by atoms with E-state index in [0.717, 1.165) is 5.92 Å². The van der Waals surface area contributed by atoms with Crippen LogP contribution in [0, 0.1) is 5.92 Å². The van der Waals surface area contributed by atoms with E-state index in [4.69, 9.17) is 0 Å². The van der Waals surface area contributed by atoms with Crippen LogP contribution in [0.2, 0.25) is 0 Å². The normalized spacial score (nSPS) is 18.5. The summed E-state index contributed by atoms with van der Waals surface area (Å²) >= 11 is 0. The summed E-state index contributed by atoms with van der Waals surface area (Å²) in [5, 5.41) is 0. The Kier molecular flexibility index (Phi) is 3.14. The maximum absolute atomic E-state index is 4.50. The highest BCUT2D eigenvalue weighted by atomic mass is 14.4. The average Bonchev–Trinajstić information content (AvgIpc) is 2.30. The van der Waals surface area contributed by atoms with E-state index in [1.54, 1.807) is 0 Å². The minimum atomic E-state index is 1.08. The lowest BCUT2D eigenvalue weighted by Gasteiger charge is -1.53. The van der Waals surface area contributed by atoms with Crippen molar-refractivity contribution in [1.82, 2.24) is 0 Å². The number of hydrogen-bond acceptors (Lipinski definition) is 1. The molecule has 0 radical (unpaired) electrons. The number of rotatable bonds is 0. The largest absolute Gasteiger partial charge is 0.333 e. The highest BCUT2D eigenvalue weighted by Gasteiger charge is 2.12. The predicted molar refractivity (Wildman–Crippen MR) is 28.5 cm³/mol. The Morgan fingerprint density at radius 1 is 1.33 bits per heavy atom. The molecule has 1 heteroatoms. The van der Waals surface area contributed by atoms with E-state index in [9.17, 15) is 0 Å². The van der Waals surface area contributed by atoms with Crippen LogP contribution in [0.1, 0.15) is 19.8 Å². The maximum Gasteiger partial charge on any atom is -0.0195 e. The van der Waals surface area contributed by atoms with E-state index in [2.05, 4.69) is 12.7 Å². The van der Waals surface area contributed by atoms with Gasteiger partial charge in [0, 0.05) is 0 Å². The van der Waals surface area contributed by atoms with Crippen molar-refractivity contribution in [1.29, 1.82) is 0 Å². The van der Waals surface area contributed by atoms with Crippen LogP contribution in [0.4, 0.5) is 0 Å². The lowest BCUT2D eigenvalue weighted by Crippen LogP contribution is -1.69. The number of hydrogen-bond donors (Lipinski definition) is 1. The van der Waals surface area contributed by atoms with Gasteiger partial charge in [-0.3, -0.25) is 0 Å². The molecule has 1 rings (SSSR count). The summed E-state index contributed by atoms with van der Waals surface area (Å²) in [6.07, 6.45) is 2.97. The minimum absolute atomic E-state index is 1.08. The van der Waals surface area contributed by atoms with Gasteiger partial charge < -0.3 is 5.73 Å². The van der Waals surface area contributed by atoms with Crippen LogP contribution >= 0.6 is 0 Å². The van der Waals surface area contributed by atoms with Crippen molar-refractivity contribution in [3.05, 3.63) is 0 Å². The Morgan fingerprint density at radius 2 is 1.50 bits per heavy atom. The molecule has 0 saturated heterocycles. The van der Waals surface area contributed by atoms with Crippen LogP contribution in [0.3, 0.4) is 0 Å². The zero-order chi connectivity index (χ0) is 4.99. The Morgan fingerprint density at radius 3 is 1.50 bits per heavy atom. The van der Waals surface area contributed by atoms with Crippen molar-refractivity contribution in [2.75, 3.05) is 7.05 Å². The average molecular weight is 87.2 g/mol. The van der Waals surface area contributed by atoms with Crippen LogP contribution in [-0.4, -0.2) is 7.05 Å². The van der Waals surface area contributed by atoms with Gasteiger partial charge in [-0.1, -0.05) is 19.8 Å². The quantitative estimate of drug-likeness (QED) is 0.468. The third kappa shape index (κ3) is 3.96. The van der Waals surface area contributed by atoms with Crippen LogP contribution < -0.4 is 5.73 Å². The van der Waals surface area contributed by atoms with E-state index in [1.807, 2.05) is 0 Å². The van der Waals surface area contributed by atoms with Crippen molar-refractivity contribution in [3.8, 4) is 0 Å². The Balaban J connectivity index is 0.000000112. The van der Waals surface area contributed by atoms with Gasteiger partial charge in [-0.15, -0.1) is 0 Å². The molecule has 2 N–H and O–H groups in total. The SMILES string of the molecule is CC1CC1.CN. The smallest absolute Gasteiger partial charge is 0.0195 e. The van der Waals surface area contributed by atoms with Gasteiger partial charge in [-0.25, -0.2) is 0 Å². The highest BCUT2D eigenvalue weighted by Crippen LogP contribution is 2.26. The molecule has 1 aliphatic carbocycles. The second-order valence-electron chi connectivity index (χ2n) is 1.68. The first kappa shape index (κ1) is 5.96. The lowest BCUT2D eigenvalue weighted by atomic mass is 10.5. The molecule has 0 amide bonds.